The van der Waals surface area contributed by atoms with Crippen LogP contribution in [0.15, 0.2) is 59.7 Å². The van der Waals surface area contributed by atoms with E-state index >= 15 is 0 Å². The van der Waals surface area contributed by atoms with Crippen molar-refractivity contribution in [3.63, 3.8) is 0 Å². The summed E-state index contributed by atoms with van der Waals surface area (Å²) in [6.45, 7) is 4.46. The number of benzene rings is 1. The molecule has 1 saturated heterocycles. The number of aromatic nitrogens is 3. The maximum atomic E-state index is 12.2. The highest BCUT2D eigenvalue weighted by atomic mass is 16.5. The van der Waals surface area contributed by atoms with Gasteiger partial charge in [-0.2, -0.15) is 0 Å². The Hall–Kier alpha value is -2.83. The number of H-pyrrole nitrogens is 1. The summed E-state index contributed by atoms with van der Waals surface area (Å²) in [6, 6.07) is 13.4. The lowest BCUT2D eigenvalue weighted by atomic mass is 10.1. The van der Waals surface area contributed by atoms with Gasteiger partial charge in [0, 0.05) is 55.8 Å². The number of pyridine rings is 1. The summed E-state index contributed by atoms with van der Waals surface area (Å²) in [6.07, 6.45) is 4.47. The second-order valence-electron chi connectivity index (χ2n) is 6.66. The number of rotatable bonds is 4. The van der Waals surface area contributed by atoms with Gasteiger partial charge in [-0.1, -0.05) is 18.2 Å². The van der Waals surface area contributed by atoms with E-state index in [0.29, 0.717) is 11.5 Å². The van der Waals surface area contributed by atoms with Gasteiger partial charge in [-0.3, -0.25) is 14.7 Å². The maximum Gasteiger partial charge on any atom is 0.251 e. The highest BCUT2D eigenvalue weighted by Gasteiger charge is 2.11. The first kappa shape index (κ1) is 17.6. The monoisotopic (exact) mass is 362 g/mol. The molecule has 1 aliphatic rings. The molecule has 0 saturated carbocycles. The maximum absolute atomic E-state index is 12.2. The highest BCUT2D eigenvalue weighted by molar-refractivity contribution is 5.63. The van der Waals surface area contributed by atoms with Crippen molar-refractivity contribution in [2.24, 2.45) is 0 Å². The molecule has 3 aromatic rings. The van der Waals surface area contributed by atoms with Crippen LogP contribution in [0.25, 0.3) is 22.6 Å². The van der Waals surface area contributed by atoms with E-state index in [0.717, 1.165) is 50.4 Å². The van der Waals surface area contributed by atoms with E-state index in [1.165, 1.54) is 11.6 Å². The minimum Gasteiger partial charge on any atom is -0.380 e. The van der Waals surface area contributed by atoms with Gasteiger partial charge < -0.3 is 9.72 Å². The van der Waals surface area contributed by atoms with Crippen molar-refractivity contribution in [1.29, 1.82) is 0 Å². The Labute approximate surface area is 157 Å². The summed E-state index contributed by atoms with van der Waals surface area (Å²) < 4.78 is 5.53. The summed E-state index contributed by atoms with van der Waals surface area (Å²) in [5.74, 6) is 0.572. The molecule has 3 heterocycles. The Kier molecular flexibility index (Phi) is 5.37. The molecule has 2 aromatic heterocycles. The molecule has 0 radical (unpaired) electrons. The van der Waals surface area contributed by atoms with E-state index in [4.69, 9.17) is 4.74 Å². The molecule has 4 rings (SSSR count). The quantitative estimate of drug-likeness (QED) is 0.773. The Morgan fingerprint density at radius 3 is 2.89 bits per heavy atom. The molecule has 27 heavy (non-hydrogen) atoms. The molecule has 0 unspecified atom stereocenters. The third kappa shape index (κ3) is 4.48. The minimum absolute atomic E-state index is 0.172. The molecular weight excluding hydrogens is 340 g/mol. The number of nitrogens with zero attached hydrogens (tertiary/aromatic N) is 3. The van der Waals surface area contributed by atoms with Gasteiger partial charge in [-0.25, -0.2) is 4.98 Å². The molecule has 6 nitrogen and oxygen atoms in total. The Morgan fingerprint density at radius 1 is 1.07 bits per heavy atom. The standard InChI is InChI=1S/C21H22N4O2/c26-20-13-19(18-6-2-7-22-14-18)23-21(24-20)17-5-1-4-16(12-17)15-25-8-3-10-27-11-9-25/h1-2,4-7,12-14H,3,8-11,15H2,(H,23,24,26). The average Bonchev–Trinajstić information content (AvgIpc) is 2.97. The fourth-order valence-electron chi connectivity index (χ4n) is 3.29. The van der Waals surface area contributed by atoms with Crippen molar-refractivity contribution in [3.05, 3.63) is 70.8 Å². The molecule has 0 amide bonds. The van der Waals surface area contributed by atoms with Gasteiger partial charge in [0.15, 0.2) is 0 Å². The molecule has 1 aliphatic heterocycles. The van der Waals surface area contributed by atoms with E-state index in [1.807, 2.05) is 24.3 Å². The normalized spacial score (nSPS) is 15.4. The molecular formula is C21H22N4O2. The van der Waals surface area contributed by atoms with Gasteiger partial charge in [-0.05, 0) is 30.2 Å². The Balaban J connectivity index is 1.62. The van der Waals surface area contributed by atoms with Crippen molar-refractivity contribution in [2.75, 3.05) is 26.3 Å². The van der Waals surface area contributed by atoms with Gasteiger partial charge in [-0.15, -0.1) is 0 Å². The first-order chi connectivity index (χ1) is 13.3. The summed E-state index contributed by atoms with van der Waals surface area (Å²) in [5, 5.41) is 0. The lowest BCUT2D eigenvalue weighted by Gasteiger charge is -2.19. The van der Waals surface area contributed by atoms with Crippen molar-refractivity contribution >= 4 is 0 Å². The van der Waals surface area contributed by atoms with Gasteiger partial charge in [0.1, 0.15) is 5.82 Å². The van der Waals surface area contributed by atoms with Crippen LogP contribution in [0, 0.1) is 0 Å². The van der Waals surface area contributed by atoms with E-state index in [-0.39, 0.29) is 5.56 Å². The van der Waals surface area contributed by atoms with Crippen molar-refractivity contribution < 1.29 is 4.74 Å². The molecule has 0 bridgehead atoms. The molecule has 0 atom stereocenters. The molecule has 1 fully saturated rings. The van der Waals surface area contributed by atoms with Gasteiger partial charge in [0.05, 0.1) is 12.3 Å². The smallest absolute Gasteiger partial charge is 0.251 e. The van der Waals surface area contributed by atoms with Crippen LogP contribution < -0.4 is 5.56 Å². The number of nitrogens with one attached hydrogen (secondary N) is 1. The van der Waals surface area contributed by atoms with Crippen LogP contribution in [0.1, 0.15) is 12.0 Å². The van der Waals surface area contributed by atoms with Crippen LogP contribution in [0.5, 0.6) is 0 Å². The Bertz CT molecular complexity index is 948. The first-order valence-electron chi connectivity index (χ1n) is 9.19. The average molecular weight is 362 g/mol. The zero-order valence-electron chi connectivity index (χ0n) is 15.1. The van der Waals surface area contributed by atoms with Crippen LogP contribution in [-0.4, -0.2) is 46.2 Å². The van der Waals surface area contributed by atoms with Crippen molar-refractivity contribution in [3.8, 4) is 22.6 Å². The van der Waals surface area contributed by atoms with E-state index in [1.54, 1.807) is 12.4 Å². The second-order valence-corrected chi connectivity index (χ2v) is 6.66. The number of hydrogen-bond donors (Lipinski definition) is 1. The van der Waals surface area contributed by atoms with Gasteiger partial charge >= 0.3 is 0 Å². The van der Waals surface area contributed by atoms with Crippen LogP contribution in [0.3, 0.4) is 0 Å². The summed E-state index contributed by atoms with van der Waals surface area (Å²) in [7, 11) is 0. The van der Waals surface area contributed by atoms with Crippen LogP contribution in [-0.2, 0) is 11.3 Å². The highest BCUT2D eigenvalue weighted by Crippen LogP contribution is 2.20. The SMILES string of the molecule is O=c1cc(-c2cccnc2)nc(-c2cccc(CN3CCCOCC3)c2)[nH]1. The van der Waals surface area contributed by atoms with Crippen molar-refractivity contribution in [1.82, 2.24) is 19.9 Å². The lowest BCUT2D eigenvalue weighted by Crippen LogP contribution is -2.25. The predicted octanol–water partition coefficient (Wildman–Crippen LogP) is 2.72. The summed E-state index contributed by atoms with van der Waals surface area (Å²) in [5.41, 5.74) is 3.38. The molecule has 0 spiro atoms. The third-order valence-electron chi connectivity index (χ3n) is 4.62. The molecule has 1 N–H and O–H groups in total. The van der Waals surface area contributed by atoms with Crippen molar-refractivity contribution in [2.45, 2.75) is 13.0 Å². The zero-order chi connectivity index (χ0) is 18.5. The number of hydrogen-bond acceptors (Lipinski definition) is 5. The molecule has 1 aromatic carbocycles. The second kappa shape index (κ2) is 8.24. The largest absolute Gasteiger partial charge is 0.380 e. The number of aromatic amines is 1. The minimum atomic E-state index is -0.172. The zero-order valence-corrected chi connectivity index (χ0v) is 15.1. The summed E-state index contributed by atoms with van der Waals surface area (Å²) in [4.78, 5) is 26.2. The molecule has 6 heteroatoms. The fourth-order valence-corrected chi connectivity index (χ4v) is 3.29. The van der Waals surface area contributed by atoms with E-state index in [9.17, 15) is 4.79 Å². The molecule has 0 aliphatic carbocycles. The molecule has 138 valence electrons. The van der Waals surface area contributed by atoms with E-state index < -0.39 is 0 Å². The Morgan fingerprint density at radius 2 is 2.00 bits per heavy atom. The fraction of sp³-hybridized carbons (Fsp3) is 0.286. The van der Waals surface area contributed by atoms with E-state index in [2.05, 4.69) is 32.0 Å². The topological polar surface area (TPSA) is 71.1 Å². The lowest BCUT2D eigenvalue weighted by molar-refractivity contribution is 0.140. The van der Waals surface area contributed by atoms with Gasteiger partial charge in [0.25, 0.3) is 5.56 Å². The van der Waals surface area contributed by atoms with Crippen LogP contribution in [0.2, 0.25) is 0 Å². The summed E-state index contributed by atoms with van der Waals surface area (Å²) >= 11 is 0. The van der Waals surface area contributed by atoms with Crippen LogP contribution >= 0.6 is 0 Å². The third-order valence-corrected chi connectivity index (χ3v) is 4.62. The number of ether oxygens (including phenoxy) is 1. The predicted molar refractivity (Wildman–Crippen MR) is 104 cm³/mol. The first-order valence-corrected chi connectivity index (χ1v) is 9.19. The van der Waals surface area contributed by atoms with Crippen LogP contribution in [0.4, 0.5) is 0 Å². The van der Waals surface area contributed by atoms with Gasteiger partial charge in [0.2, 0.25) is 0 Å².